The zero-order chi connectivity index (χ0) is 12.9. The average molecular weight is 242 g/mol. The summed E-state index contributed by atoms with van der Waals surface area (Å²) in [7, 11) is 1.43. The molecule has 0 radical (unpaired) electrons. The number of halogens is 1. The minimum Gasteiger partial charge on any atom is -0.494 e. The van der Waals surface area contributed by atoms with Crippen molar-refractivity contribution in [2.45, 2.75) is 20.5 Å². The van der Waals surface area contributed by atoms with Gasteiger partial charge in [0, 0.05) is 5.41 Å². The first-order valence-electron chi connectivity index (χ1n) is 5.49. The van der Waals surface area contributed by atoms with Gasteiger partial charge in [-0.2, -0.15) is 0 Å². The van der Waals surface area contributed by atoms with Crippen LogP contribution >= 0.6 is 0 Å². The van der Waals surface area contributed by atoms with E-state index >= 15 is 0 Å². The zero-order valence-corrected chi connectivity index (χ0v) is 10.5. The first-order chi connectivity index (χ1) is 7.98. The van der Waals surface area contributed by atoms with Gasteiger partial charge in [-0.3, -0.25) is 0 Å². The molecule has 0 fully saturated rings. The number of rotatable bonds is 6. The van der Waals surface area contributed by atoms with Gasteiger partial charge in [-0.1, -0.05) is 19.9 Å². The molecule has 17 heavy (non-hydrogen) atoms. The molecule has 0 aromatic heterocycles. The quantitative estimate of drug-likeness (QED) is 0.832. The Morgan fingerprint density at radius 3 is 2.59 bits per heavy atom. The van der Waals surface area contributed by atoms with E-state index in [1.807, 2.05) is 13.8 Å². The summed E-state index contributed by atoms with van der Waals surface area (Å²) in [6.07, 6.45) is 0. The highest BCUT2D eigenvalue weighted by atomic mass is 19.1. The molecule has 0 aliphatic rings. The van der Waals surface area contributed by atoms with Gasteiger partial charge >= 0.3 is 0 Å². The van der Waals surface area contributed by atoms with Crippen LogP contribution in [0.1, 0.15) is 19.4 Å². The van der Waals surface area contributed by atoms with E-state index in [9.17, 15) is 4.39 Å². The van der Waals surface area contributed by atoms with Crippen molar-refractivity contribution in [3.05, 3.63) is 29.6 Å². The summed E-state index contributed by atoms with van der Waals surface area (Å²) < 4.78 is 23.6. The van der Waals surface area contributed by atoms with E-state index < -0.39 is 5.82 Å². The summed E-state index contributed by atoms with van der Waals surface area (Å²) in [5.74, 6) is -0.167. The number of hydrogen-bond acceptors (Lipinski definition) is 3. The largest absolute Gasteiger partial charge is 0.494 e. The molecule has 0 atom stereocenters. The zero-order valence-electron chi connectivity index (χ0n) is 10.5. The molecule has 0 aliphatic heterocycles. The van der Waals surface area contributed by atoms with Gasteiger partial charge in [0.05, 0.1) is 26.9 Å². The Morgan fingerprint density at radius 1 is 1.35 bits per heavy atom. The third-order valence-electron chi connectivity index (χ3n) is 2.41. The van der Waals surface area contributed by atoms with E-state index in [1.54, 1.807) is 12.1 Å². The lowest BCUT2D eigenvalue weighted by Crippen LogP contribution is -2.23. The summed E-state index contributed by atoms with van der Waals surface area (Å²) >= 11 is 0. The highest BCUT2D eigenvalue weighted by molar-refractivity contribution is 5.28. The SMILES string of the molecule is COc1ccc(COCC(C)(C)CO)cc1F. The summed E-state index contributed by atoms with van der Waals surface area (Å²) in [6.45, 7) is 4.62. The molecule has 4 heteroatoms. The van der Waals surface area contributed by atoms with Gasteiger partial charge in [-0.15, -0.1) is 0 Å². The Morgan fingerprint density at radius 2 is 2.06 bits per heavy atom. The normalized spacial score (nSPS) is 11.6. The molecule has 1 N–H and O–H groups in total. The van der Waals surface area contributed by atoms with Crippen LogP contribution in [0.2, 0.25) is 0 Å². The molecule has 1 rings (SSSR count). The fourth-order valence-corrected chi connectivity index (χ4v) is 1.29. The second-order valence-corrected chi connectivity index (χ2v) is 4.78. The number of ether oxygens (including phenoxy) is 2. The fraction of sp³-hybridized carbons (Fsp3) is 0.538. The van der Waals surface area contributed by atoms with Crippen LogP contribution in [0, 0.1) is 11.2 Å². The smallest absolute Gasteiger partial charge is 0.165 e. The van der Waals surface area contributed by atoms with Crippen LogP contribution in [-0.2, 0) is 11.3 Å². The lowest BCUT2D eigenvalue weighted by atomic mass is 9.97. The molecule has 0 saturated heterocycles. The molecule has 3 nitrogen and oxygen atoms in total. The maximum Gasteiger partial charge on any atom is 0.165 e. The summed E-state index contributed by atoms with van der Waals surface area (Å²) in [4.78, 5) is 0. The predicted molar refractivity (Wildman–Crippen MR) is 63.5 cm³/mol. The van der Waals surface area contributed by atoms with Crippen LogP contribution in [0.5, 0.6) is 5.75 Å². The van der Waals surface area contributed by atoms with Crippen LogP contribution < -0.4 is 4.74 Å². The molecule has 0 spiro atoms. The molecule has 1 aromatic carbocycles. The van der Waals surface area contributed by atoms with Crippen LogP contribution in [0.15, 0.2) is 18.2 Å². The number of benzene rings is 1. The van der Waals surface area contributed by atoms with E-state index in [4.69, 9.17) is 14.6 Å². The number of aliphatic hydroxyl groups excluding tert-OH is 1. The van der Waals surface area contributed by atoms with E-state index in [-0.39, 0.29) is 17.8 Å². The number of aliphatic hydroxyl groups is 1. The lowest BCUT2D eigenvalue weighted by Gasteiger charge is -2.21. The van der Waals surface area contributed by atoms with Gasteiger partial charge in [0.2, 0.25) is 0 Å². The maximum atomic E-state index is 13.4. The van der Waals surface area contributed by atoms with Gasteiger partial charge in [0.15, 0.2) is 11.6 Å². The van der Waals surface area contributed by atoms with Crippen molar-refractivity contribution in [1.29, 1.82) is 0 Å². The predicted octanol–water partition coefficient (Wildman–Crippen LogP) is 2.37. The molecule has 0 bridgehead atoms. The Kier molecular flexibility index (Phi) is 4.90. The highest BCUT2D eigenvalue weighted by Gasteiger charge is 2.16. The van der Waals surface area contributed by atoms with Gasteiger partial charge in [-0.05, 0) is 17.7 Å². The minimum absolute atomic E-state index is 0.0595. The Hall–Kier alpha value is -1.13. The molecule has 0 unspecified atom stereocenters. The van der Waals surface area contributed by atoms with E-state index in [1.165, 1.54) is 13.2 Å². The van der Waals surface area contributed by atoms with E-state index in [0.29, 0.717) is 13.2 Å². The molecule has 0 amide bonds. The monoisotopic (exact) mass is 242 g/mol. The Bertz CT molecular complexity index is 364. The van der Waals surface area contributed by atoms with Crippen LogP contribution in [-0.4, -0.2) is 25.4 Å². The fourth-order valence-electron chi connectivity index (χ4n) is 1.29. The molecule has 0 heterocycles. The van der Waals surface area contributed by atoms with E-state index in [0.717, 1.165) is 5.56 Å². The maximum absolute atomic E-state index is 13.4. The third kappa shape index (κ3) is 4.32. The molecular weight excluding hydrogens is 223 g/mol. The Labute approximate surface area is 101 Å². The molecule has 0 saturated carbocycles. The van der Waals surface area contributed by atoms with Crippen molar-refractivity contribution in [3.8, 4) is 5.75 Å². The second-order valence-electron chi connectivity index (χ2n) is 4.78. The summed E-state index contributed by atoms with van der Waals surface area (Å²) in [5, 5.41) is 9.05. The highest BCUT2D eigenvalue weighted by Crippen LogP contribution is 2.19. The average Bonchev–Trinajstić information content (AvgIpc) is 2.29. The molecule has 0 aliphatic carbocycles. The third-order valence-corrected chi connectivity index (χ3v) is 2.41. The van der Waals surface area contributed by atoms with Crippen molar-refractivity contribution in [2.75, 3.05) is 20.3 Å². The van der Waals surface area contributed by atoms with Crippen molar-refractivity contribution >= 4 is 0 Å². The standard InChI is InChI=1S/C13H19FO3/c1-13(2,8-15)9-17-7-10-4-5-12(16-3)11(14)6-10/h4-6,15H,7-9H2,1-3H3. The van der Waals surface area contributed by atoms with Crippen molar-refractivity contribution in [3.63, 3.8) is 0 Å². The van der Waals surface area contributed by atoms with Crippen molar-refractivity contribution in [1.82, 2.24) is 0 Å². The summed E-state index contributed by atoms with van der Waals surface area (Å²) in [5.41, 5.74) is 0.474. The van der Waals surface area contributed by atoms with E-state index in [2.05, 4.69) is 0 Å². The second kappa shape index (κ2) is 5.98. The number of methoxy groups -OCH3 is 1. The van der Waals surface area contributed by atoms with Crippen LogP contribution in [0.4, 0.5) is 4.39 Å². The Balaban J connectivity index is 2.50. The molecule has 1 aromatic rings. The van der Waals surface area contributed by atoms with Gasteiger partial charge in [-0.25, -0.2) is 4.39 Å². The van der Waals surface area contributed by atoms with Crippen LogP contribution in [0.3, 0.4) is 0 Å². The van der Waals surface area contributed by atoms with Crippen LogP contribution in [0.25, 0.3) is 0 Å². The van der Waals surface area contributed by atoms with Gasteiger partial charge in [0.1, 0.15) is 0 Å². The topological polar surface area (TPSA) is 38.7 Å². The lowest BCUT2D eigenvalue weighted by molar-refractivity contribution is 0.0197. The molecular formula is C13H19FO3. The number of hydrogen-bond donors (Lipinski definition) is 1. The summed E-state index contributed by atoms with van der Waals surface area (Å²) in [6, 6.07) is 4.73. The molecule has 96 valence electrons. The van der Waals surface area contributed by atoms with Crippen molar-refractivity contribution < 1.29 is 19.0 Å². The van der Waals surface area contributed by atoms with Crippen molar-refractivity contribution in [2.24, 2.45) is 5.41 Å². The first-order valence-corrected chi connectivity index (χ1v) is 5.49. The minimum atomic E-state index is -0.394. The van der Waals surface area contributed by atoms with Gasteiger partial charge in [0.25, 0.3) is 0 Å². The first kappa shape index (κ1) is 13.9. The van der Waals surface area contributed by atoms with Gasteiger partial charge < -0.3 is 14.6 Å².